The van der Waals surface area contributed by atoms with E-state index in [4.69, 9.17) is 4.42 Å². The van der Waals surface area contributed by atoms with Crippen LogP contribution in [-0.4, -0.2) is 16.7 Å². The van der Waals surface area contributed by atoms with Crippen LogP contribution >= 0.6 is 11.3 Å². The third kappa shape index (κ3) is 3.37. The second-order valence-corrected chi connectivity index (χ2v) is 9.66. The monoisotopic (exact) mass is 476 g/mol. The second kappa shape index (κ2) is 7.99. The van der Waals surface area contributed by atoms with E-state index < -0.39 is 23.2 Å². The topological polar surface area (TPSA) is 80.5 Å². The summed E-state index contributed by atoms with van der Waals surface area (Å²) in [5, 5.41) is 0.364. The van der Waals surface area contributed by atoms with Crippen LogP contribution < -0.4 is 10.3 Å². The number of hydrogen-bond donors (Lipinski definition) is 0. The van der Waals surface area contributed by atoms with Gasteiger partial charge in [-0.05, 0) is 42.2 Å². The van der Waals surface area contributed by atoms with E-state index in [1.165, 1.54) is 24.0 Å². The zero-order valence-electron chi connectivity index (χ0n) is 19.0. The number of fused-ring (bicyclic) bond motifs is 2. The third-order valence-corrected chi connectivity index (χ3v) is 7.32. The maximum atomic E-state index is 14.0. The van der Waals surface area contributed by atoms with Crippen molar-refractivity contribution >= 4 is 39.1 Å². The van der Waals surface area contributed by atoms with Gasteiger partial charge < -0.3 is 4.42 Å². The number of amides is 1. The minimum atomic E-state index is -0.821. The molecular formula is C26H21FN2O4S. The molecule has 1 aliphatic heterocycles. The zero-order valence-corrected chi connectivity index (χ0v) is 19.8. The van der Waals surface area contributed by atoms with Gasteiger partial charge in [-0.15, -0.1) is 0 Å². The molecule has 1 aliphatic rings. The van der Waals surface area contributed by atoms with E-state index in [1.54, 1.807) is 6.92 Å². The predicted octanol–water partition coefficient (Wildman–Crippen LogP) is 5.77. The van der Waals surface area contributed by atoms with Gasteiger partial charge in [-0.1, -0.05) is 49.4 Å². The number of hydrogen-bond acceptors (Lipinski definition) is 6. The van der Waals surface area contributed by atoms with Crippen LogP contribution in [-0.2, 0) is 0 Å². The zero-order chi connectivity index (χ0) is 24.3. The fraction of sp³-hybridized carbons (Fsp3) is 0.231. The normalized spacial score (nSPS) is 15.4. The molecule has 172 valence electrons. The summed E-state index contributed by atoms with van der Waals surface area (Å²) in [6.07, 6.45) is 0. The molecule has 0 saturated heterocycles. The van der Waals surface area contributed by atoms with E-state index in [2.05, 4.69) is 18.8 Å². The number of Topliss-reactive ketones (excluding diaryl/α,β-unsaturated/α-hetero) is 1. The van der Waals surface area contributed by atoms with E-state index in [-0.39, 0.29) is 28.1 Å². The second-order valence-electron chi connectivity index (χ2n) is 8.68. The number of anilines is 1. The highest BCUT2D eigenvalue weighted by molar-refractivity contribution is 7.17. The molecule has 1 amide bonds. The molecule has 2 aromatic carbocycles. The fourth-order valence-corrected chi connectivity index (χ4v) is 5.32. The maximum Gasteiger partial charge on any atom is 0.297 e. The van der Waals surface area contributed by atoms with E-state index in [0.29, 0.717) is 27.2 Å². The molecule has 0 saturated carbocycles. The average molecular weight is 477 g/mol. The summed E-state index contributed by atoms with van der Waals surface area (Å²) in [6, 6.07) is 10.5. The molecule has 0 radical (unpaired) electrons. The quantitative estimate of drug-likeness (QED) is 0.349. The van der Waals surface area contributed by atoms with Gasteiger partial charge in [-0.25, -0.2) is 9.37 Å². The van der Waals surface area contributed by atoms with Crippen LogP contribution in [0.2, 0.25) is 0 Å². The summed E-state index contributed by atoms with van der Waals surface area (Å²) in [6.45, 7) is 7.30. The predicted molar refractivity (Wildman–Crippen MR) is 128 cm³/mol. The molecule has 1 atom stereocenters. The Morgan fingerprint density at radius 3 is 2.47 bits per heavy atom. The minimum Gasteiger partial charge on any atom is -0.450 e. The average Bonchev–Trinajstić information content (AvgIpc) is 3.32. The number of aromatic nitrogens is 1. The highest BCUT2D eigenvalue weighted by atomic mass is 32.1. The minimum absolute atomic E-state index is 0.0666. The van der Waals surface area contributed by atoms with Gasteiger partial charge in [0, 0.05) is 6.92 Å². The number of aryl methyl sites for hydroxylation is 1. The molecule has 0 bridgehead atoms. The van der Waals surface area contributed by atoms with Crippen molar-refractivity contribution in [2.75, 3.05) is 4.90 Å². The van der Waals surface area contributed by atoms with Crippen LogP contribution in [0, 0.1) is 12.7 Å². The maximum absolute atomic E-state index is 14.0. The summed E-state index contributed by atoms with van der Waals surface area (Å²) >= 11 is 1.10. The first kappa shape index (κ1) is 22.2. The third-order valence-electron chi connectivity index (χ3n) is 6.06. The SMILES string of the molecule is CC(=O)c1sc(N2C(=O)c3oc4ccc(F)cc4c(=O)c3C2c2ccc(C(C)C)cc2)nc1C. The molecular weight excluding hydrogens is 455 g/mol. The Kier molecular flexibility index (Phi) is 5.20. The van der Waals surface area contributed by atoms with Crippen molar-refractivity contribution in [3.8, 4) is 0 Å². The van der Waals surface area contributed by atoms with Gasteiger partial charge in [-0.3, -0.25) is 19.3 Å². The van der Waals surface area contributed by atoms with Crippen molar-refractivity contribution in [2.24, 2.45) is 0 Å². The Bertz CT molecular complexity index is 1540. The standard InChI is InChI=1S/C26H21FN2O4S/c1-12(2)15-5-7-16(8-6-15)21-20-22(31)18-11-17(27)9-10-19(18)33-23(20)25(32)29(21)26-28-13(3)24(34-26)14(4)30/h5-12,21H,1-4H3. The number of benzene rings is 2. The van der Waals surface area contributed by atoms with Crippen molar-refractivity contribution in [3.05, 3.63) is 91.5 Å². The highest BCUT2D eigenvalue weighted by Crippen LogP contribution is 2.43. The molecule has 4 aromatic rings. The smallest absolute Gasteiger partial charge is 0.297 e. The molecule has 34 heavy (non-hydrogen) atoms. The van der Waals surface area contributed by atoms with E-state index >= 15 is 0 Å². The van der Waals surface area contributed by atoms with Crippen LogP contribution in [0.5, 0.6) is 0 Å². The number of rotatable bonds is 4. The summed E-state index contributed by atoms with van der Waals surface area (Å²) in [5.41, 5.74) is 2.11. The van der Waals surface area contributed by atoms with Gasteiger partial charge in [0.15, 0.2) is 16.3 Å². The number of thiazole rings is 1. The van der Waals surface area contributed by atoms with Crippen LogP contribution in [0.15, 0.2) is 51.7 Å². The molecule has 2 aromatic heterocycles. The van der Waals surface area contributed by atoms with Crippen molar-refractivity contribution < 1.29 is 18.4 Å². The Labute approximate surface area is 198 Å². The molecule has 0 aliphatic carbocycles. The highest BCUT2D eigenvalue weighted by Gasteiger charge is 2.45. The van der Waals surface area contributed by atoms with Gasteiger partial charge in [0.25, 0.3) is 5.91 Å². The first-order valence-corrected chi connectivity index (χ1v) is 11.7. The Hall–Kier alpha value is -3.65. The number of carbonyl (C=O) groups is 2. The lowest BCUT2D eigenvalue weighted by Crippen LogP contribution is -2.29. The lowest BCUT2D eigenvalue weighted by atomic mass is 9.95. The molecule has 8 heteroatoms. The van der Waals surface area contributed by atoms with Gasteiger partial charge in [-0.2, -0.15) is 0 Å². The van der Waals surface area contributed by atoms with Gasteiger partial charge >= 0.3 is 0 Å². The molecule has 0 spiro atoms. The lowest BCUT2D eigenvalue weighted by molar-refractivity contribution is 0.0969. The Morgan fingerprint density at radius 1 is 1.15 bits per heavy atom. The number of halogens is 1. The molecule has 6 nitrogen and oxygen atoms in total. The summed E-state index contributed by atoms with van der Waals surface area (Å²) in [4.78, 5) is 45.5. The lowest BCUT2D eigenvalue weighted by Gasteiger charge is -2.23. The molecule has 5 rings (SSSR count). The van der Waals surface area contributed by atoms with Crippen molar-refractivity contribution in [3.63, 3.8) is 0 Å². The van der Waals surface area contributed by atoms with Crippen LogP contribution in [0.3, 0.4) is 0 Å². The molecule has 1 unspecified atom stereocenters. The largest absolute Gasteiger partial charge is 0.450 e. The Morgan fingerprint density at radius 2 is 1.85 bits per heavy atom. The van der Waals surface area contributed by atoms with Crippen molar-refractivity contribution in [1.82, 2.24) is 4.98 Å². The van der Waals surface area contributed by atoms with E-state index in [0.717, 1.165) is 23.0 Å². The van der Waals surface area contributed by atoms with Crippen LogP contribution in [0.25, 0.3) is 11.0 Å². The number of nitrogens with zero attached hydrogens (tertiary/aromatic N) is 2. The first-order chi connectivity index (χ1) is 16.2. The molecule has 0 fully saturated rings. The Balaban J connectivity index is 1.78. The van der Waals surface area contributed by atoms with Crippen molar-refractivity contribution in [1.29, 1.82) is 0 Å². The molecule has 0 N–H and O–H groups in total. The van der Waals surface area contributed by atoms with Gasteiger partial charge in [0.05, 0.1) is 27.6 Å². The fourth-order valence-electron chi connectivity index (χ4n) is 4.33. The van der Waals surface area contributed by atoms with Gasteiger partial charge in [0.2, 0.25) is 5.76 Å². The first-order valence-electron chi connectivity index (χ1n) is 10.9. The molecule has 3 heterocycles. The summed E-state index contributed by atoms with van der Waals surface area (Å²) in [5.74, 6) is -1.04. The number of carbonyl (C=O) groups excluding carboxylic acids is 2. The van der Waals surface area contributed by atoms with E-state index in [1.807, 2.05) is 24.3 Å². The summed E-state index contributed by atoms with van der Waals surface area (Å²) in [7, 11) is 0. The van der Waals surface area contributed by atoms with E-state index in [9.17, 15) is 18.8 Å². The number of ketones is 1. The van der Waals surface area contributed by atoms with Gasteiger partial charge in [0.1, 0.15) is 11.4 Å². The summed E-state index contributed by atoms with van der Waals surface area (Å²) < 4.78 is 19.8. The van der Waals surface area contributed by atoms with Crippen LogP contribution in [0.4, 0.5) is 9.52 Å². The van der Waals surface area contributed by atoms with Crippen LogP contribution in [0.1, 0.15) is 75.3 Å². The van der Waals surface area contributed by atoms with Crippen molar-refractivity contribution in [2.45, 2.75) is 39.7 Å².